The van der Waals surface area contributed by atoms with E-state index >= 15 is 0 Å². The number of urea groups is 1. The number of anilines is 1. The number of amides is 2. The molecule has 2 amide bonds. The van der Waals surface area contributed by atoms with Crippen molar-refractivity contribution in [2.75, 3.05) is 18.0 Å². The minimum atomic E-state index is -0.360. The molecule has 1 aromatic heterocycles. The summed E-state index contributed by atoms with van der Waals surface area (Å²) in [5, 5.41) is 4.68. The fourth-order valence-corrected chi connectivity index (χ4v) is 2.73. The Balaban J connectivity index is 1.63. The highest BCUT2D eigenvalue weighted by molar-refractivity contribution is 7.09. The number of benzene rings is 1. The molecule has 0 spiro atoms. The number of thiophene rings is 1. The number of nitrogens with one attached hydrogen (secondary N) is 1. The van der Waals surface area contributed by atoms with Gasteiger partial charge >= 0.3 is 12.0 Å². The van der Waals surface area contributed by atoms with Gasteiger partial charge in [-0.15, -0.1) is 11.3 Å². The van der Waals surface area contributed by atoms with Crippen LogP contribution in [0.4, 0.5) is 10.5 Å². The predicted molar refractivity (Wildman–Crippen MR) is 80.6 cm³/mol. The number of nitrogens with zero attached hydrogens (tertiary/aromatic N) is 1. The summed E-state index contributed by atoms with van der Waals surface area (Å²) >= 11 is 1.55. The second-order valence-electron chi connectivity index (χ2n) is 4.59. The van der Waals surface area contributed by atoms with Gasteiger partial charge in [0.25, 0.3) is 0 Å². The van der Waals surface area contributed by atoms with Gasteiger partial charge in [0.1, 0.15) is 6.61 Å². The number of carbonyl (C=O) groups excluding carboxylic acids is 2. The number of hydrogen-bond acceptors (Lipinski definition) is 4. The summed E-state index contributed by atoms with van der Waals surface area (Å²) < 4.78 is 5.24. The summed E-state index contributed by atoms with van der Waals surface area (Å²) in [6, 6.07) is 10.6. The van der Waals surface area contributed by atoms with Crippen LogP contribution in [-0.4, -0.2) is 25.1 Å². The molecule has 1 aromatic carbocycles. The molecule has 1 aliphatic heterocycles. The molecule has 5 nitrogen and oxygen atoms in total. The van der Waals surface area contributed by atoms with Gasteiger partial charge < -0.3 is 10.1 Å². The van der Waals surface area contributed by atoms with Gasteiger partial charge in [-0.1, -0.05) is 6.07 Å². The van der Waals surface area contributed by atoms with Crippen LogP contribution < -0.4 is 10.2 Å². The van der Waals surface area contributed by atoms with Gasteiger partial charge in [0.2, 0.25) is 0 Å². The largest absolute Gasteiger partial charge is 0.456 e. The second-order valence-corrected chi connectivity index (χ2v) is 5.62. The summed E-state index contributed by atoms with van der Waals surface area (Å²) in [5.41, 5.74) is 1.26. The molecule has 2 heterocycles. The Morgan fingerprint density at radius 1 is 1.29 bits per heavy atom. The van der Waals surface area contributed by atoms with Gasteiger partial charge in [-0.05, 0) is 35.7 Å². The van der Waals surface area contributed by atoms with Gasteiger partial charge in [0.15, 0.2) is 0 Å². The van der Waals surface area contributed by atoms with E-state index in [1.165, 1.54) is 0 Å². The lowest BCUT2D eigenvalue weighted by molar-refractivity contribution is 0.0477. The molecule has 6 heteroatoms. The first kappa shape index (κ1) is 13.6. The monoisotopic (exact) mass is 302 g/mol. The van der Waals surface area contributed by atoms with E-state index in [1.54, 1.807) is 40.5 Å². The summed E-state index contributed by atoms with van der Waals surface area (Å²) in [7, 11) is 0. The van der Waals surface area contributed by atoms with Crippen LogP contribution in [0.2, 0.25) is 0 Å². The first-order chi connectivity index (χ1) is 10.2. The zero-order chi connectivity index (χ0) is 14.7. The van der Waals surface area contributed by atoms with E-state index in [0.29, 0.717) is 18.7 Å². The second kappa shape index (κ2) is 5.97. The van der Waals surface area contributed by atoms with Crippen molar-refractivity contribution in [2.45, 2.75) is 6.61 Å². The van der Waals surface area contributed by atoms with Gasteiger partial charge in [0.05, 0.1) is 5.56 Å². The molecular formula is C15H14N2O3S. The maximum Gasteiger partial charge on any atom is 0.338 e. The van der Waals surface area contributed by atoms with Crippen molar-refractivity contribution in [3.05, 3.63) is 52.2 Å². The highest BCUT2D eigenvalue weighted by Gasteiger charge is 2.21. The lowest BCUT2D eigenvalue weighted by Gasteiger charge is -2.14. The third kappa shape index (κ3) is 3.05. The topological polar surface area (TPSA) is 58.6 Å². The number of rotatable bonds is 4. The first-order valence-corrected chi connectivity index (χ1v) is 7.47. The van der Waals surface area contributed by atoms with Crippen LogP contribution in [0.1, 0.15) is 15.2 Å². The third-order valence-electron chi connectivity index (χ3n) is 3.20. The number of esters is 1. The molecule has 0 aliphatic carbocycles. The Kier molecular flexibility index (Phi) is 3.87. The maximum absolute atomic E-state index is 11.9. The quantitative estimate of drug-likeness (QED) is 0.883. The molecule has 108 valence electrons. The van der Waals surface area contributed by atoms with Crippen molar-refractivity contribution in [2.24, 2.45) is 0 Å². The van der Waals surface area contributed by atoms with Crippen molar-refractivity contribution in [1.29, 1.82) is 0 Å². The Morgan fingerprint density at radius 3 is 2.71 bits per heavy atom. The number of ether oxygens (including phenoxy) is 1. The van der Waals surface area contributed by atoms with Crippen LogP contribution in [-0.2, 0) is 11.3 Å². The van der Waals surface area contributed by atoms with Crippen LogP contribution in [0, 0.1) is 0 Å². The Bertz CT molecular complexity index is 637. The summed E-state index contributed by atoms with van der Waals surface area (Å²) in [6.07, 6.45) is 0. The fraction of sp³-hybridized carbons (Fsp3) is 0.200. The molecule has 3 rings (SSSR count). The van der Waals surface area contributed by atoms with Crippen molar-refractivity contribution < 1.29 is 14.3 Å². The van der Waals surface area contributed by atoms with E-state index in [0.717, 1.165) is 10.6 Å². The zero-order valence-corrected chi connectivity index (χ0v) is 12.1. The van der Waals surface area contributed by atoms with Gasteiger partial charge in [-0.3, -0.25) is 4.90 Å². The minimum absolute atomic E-state index is 0.108. The third-order valence-corrected chi connectivity index (χ3v) is 4.05. The molecule has 1 N–H and O–H groups in total. The highest BCUT2D eigenvalue weighted by atomic mass is 32.1. The van der Waals surface area contributed by atoms with Crippen LogP contribution in [0.5, 0.6) is 0 Å². The molecule has 0 bridgehead atoms. The zero-order valence-electron chi connectivity index (χ0n) is 11.2. The average molecular weight is 302 g/mol. The smallest absolute Gasteiger partial charge is 0.338 e. The molecule has 1 aliphatic rings. The lowest BCUT2D eigenvalue weighted by Crippen LogP contribution is -2.27. The highest BCUT2D eigenvalue weighted by Crippen LogP contribution is 2.18. The van der Waals surface area contributed by atoms with E-state index in [9.17, 15) is 9.59 Å². The summed E-state index contributed by atoms with van der Waals surface area (Å²) in [4.78, 5) is 26.1. The van der Waals surface area contributed by atoms with Crippen LogP contribution in [0.15, 0.2) is 41.8 Å². The molecule has 0 atom stereocenters. The molecule has 0 unspecified atom stereocenters. The van der Waals surface area contributed by atoms with Crippen LogP contribution in [0.25, 0.3) is 0 Å². The van der Waals surface area contributed by atoms with E-state index in [-0.39, 0.29) is 18.6 Å². The SMILES string of the molecule is O=C(OCc1cccs1)c1ccc(N2CCNC2=O)cc1. The molecule has 21 heavy (non-hydrogen) atoms. The predicted octanol–water partition coefficient (Wildman–Crippen LogP) is 2.63. The van der Waals surface area contributed by atoms with Crippen LogP contribution >= 0.6 is 11.3 Å². The summed E-state index contributed by atoms with van der Waals surface area (Å²) in [5.74, 6) is -0.360. The Hall–Kier alpha value is -2.34. The number of hydrogen-bond donors (Lipinski definition) is 1. The maximum atomic E-state index is 11.9. The molecule has 1 saturated heterocycles. The lowest BCUT2D eigenvalue weighted by atomic mass is 10.2. The van der Waals surface area contributed by atoms with Gasteiger partial charge in [-0.2, -0.15) is 0 Å². The molecule has 2 aromatic rings. The normalized spacial score (nSPS) is 14.1. The van der Waals surface area contributed by atoms with E-state index in [2.05, 4.69) is 5.32 Å². The van der Waals surface area contributed by atoms with Gasteiger partial charge in [-0.25, -0.2) is 9.59 Å². The fourth-order valence-electron chi connectivity index (χ4n) is 2.11. The first-order valence-electron chi connectivity index (χ1n) is 6.59. The average Bonchev–Trinajstić information content (AvgIpc) is 3.16. The van der Waals surface area contributed by atoms with Crippen molar-refractivity contribution >= 4 is 29.0 Å². The summed E-state index contributed by atoms with van der Waals surface area (Å²) in [6.45, 7) is 1.57. The number of carbonyl (C=O) groups is 2. The van der Waals surface area contributed by atoms with Gasteiger partial charge in [0, 0.05) is 23.7 Å². The Labute approximate surface area is 126 Å². The van der Waals surface area contributed by atoms with E-state index < -0.39 is 0 Å². The van der Waals surface area contributed by atoms with Crippen molar-refractivity contribution in [1.82, 2.24) is 5.32 Å². The molecule has 0 radical (unpaired) electrons. The standard InChI is InChI=1S/C15H14N2O3S/c18-14(20-10-13-2-1-9-21-13)11-3-5-12(6-4-11)17-8-7-16-15(17)19/h1-6,9H,7-8,10H2,(H,16,19). The van der Waals surface area contributed by atoms with E-state index in [1.807, 2.05) is 17.5 Å². The minimum Gasteiger partial charge on any atom is -0.456 e. The van der Waals surface area contributed by atoms with Crippen molar-refractivity contribution in [3.63, 3.8) is 0 Å². The van der Waals surface area contributed by atoms with E-state index in [4.69, 9.17) is 4.74 Å². The molecular weight excluding hydrogens is 288 g/mol. The van der Waals surface area contributed by atoms with Crippen molar-refractivity contribution in [3.8, 4) is 0 Å². The molecule has 1 fully saturated rings. The van der Waals surface area contributed by atoms with Crippen LogP contribution in [0.3, 0.4) is 0 Å². The Morgan fingerprint density at radius 2 is 2.10 bits per heavy atom. The molecule has 0 saturated carbocycles.